The van der Waals surface area contributed by atoms with Gasteiger partial charge in [-0.2, -0.15) is 0 Å². The van der Waals surface area contributed by atoms with Gasteiger partial charge in [0, 0.05) is 24.1 Å². The molecule has 2 aromatic rings. The highest BCUT2D eigenvalue weighted by atomic mass is 16.4. The molecule has 0 bridgehead atoms. The highest BCUT2D eigenvalue weighted by molar-refractivity contribution is 6.06. The van der Waals surface area contributed by atoms with Crippen LogP contribution in [-0.4, -0.2) is 45.6 Å². The first-order valence-corrected chi connectivity index (χ1v) is 10.1. The molecule has 0 radical (unpaired) electrons. The first kappa shape index (κ1) is 21.2. The summed E-state index contributed by atoms with van der Waals surface area (Å²) < 4.78 is 0. The summed E-state index contributed by atoms with van der Waals surface area (Å²) in [5.74, 6) is -3.04. The molecule has 0 spiro atoms. The number of benzene rings is 2. The van der Waals surface area contributed by atoms with Crippen molar-refractivity contribution >= 4 is 29.6 Å². The number of hydrogen-bond acceptors (Lipinski definition) is 5. The minimum atomic E-state index is -1.65. The first-order chi connectivity index (χ1) is 15.2. The lowest BCUT2D eigenvalue weighted by atomic mass is 9.91. The lowest BCUT2D eigenvalue weighted by molar-refractivity contribution is -0.144. The standard InChI is InChI=1S/C23H21N3O6/c1-23(22(31)32,15-5-3-2-4-6-15)25-19(28)13-7-8-16-14(11-13)12-26(21(16)30)17-9-10-18(27)24-20(17)29/h2-8,11,17H,9-10,12H2,1H3,(H,25,28)(H,31,32)(H,24,27,29). The van der Waals surface area contributed by atoms with Gasteiger partial charge in [0.05, 0.1) is 0 Å². The predicted octanol–water partition coefficient (Wildman–Crippen LogP) is 1.18. The van der Waals surface area contributed by atoms with Crippen LogP contribution in [0.4, 0.5) is 0 Å². The molecule has 2 atom stereocenters. The van der Waals surface area contributed by atoms with E-state index < -0.39 is 29.4 Å². The number of piperidine rings is 1. The summed E-state index contributed by atoms with van der Waals surface area (Å²) in [5, 5.41) is 14.6. The van der Waals surface area contributed by atoms with Crippen molar-refractivity contribution in [3.8, 4) is 0 Å². The Balaban J connectivity index is 1.56. The third-order valence-corrected chi connectivity index (χ3v) is 5.93. The van der Waals surface area contributed by atoms with Crippen LogP contribution in [0.5, 0.6) is 0 Å². The summed E-state index contributed by atoms with van der Waals surface area (Å²) in [5.41, 5.74) is -0.0999. The van der Waals surface area contributed by atoms with E-state index in [1.54, 1.807) is 30.3 Å². The lowest BCUT2D eigenvalue weighted by Crippen LogP contribution is -2.52. The van der Waals surface area contributed by atoms with E-state index in [9.17, 15) is 29.1 Å². The van der Waals surface area contributed by atoms with Gasteiger partial charge in [-0.1, -0.05) is 30.3 Å². The smallest absolute Gasteiger partial charge is 0.333 e. The molecular formula is C23H21N3O6. The number of carbonyl (C=O) groups is 5. The predicted molar refractivity (Wildman–Crippen MR) is 111 cm³/mol. The van der Waals surface area contributed by atoms with Gasteiger partial charge in [-0.25, -0.2) is 4.79 Å². The van der Waals surface area contributed by atoms with Gasteiger partial charge in [-0.3, -0.25) is 24.5 Å². The minimum absolute atomic E-state index is 0.121. The molecule has 164 valence electrons. The van der Waals surface area contributed by atoms with E-state index in [4.69, 9.17) is 0 Å². The molecule has 2 heterocycles. The number of rotatable bonds is 5. The van der Waals surface area contributed by atoms with Crippen molar-refractivity contribution < 1.29 is 29.1 Å². The molecule has 2 aromatic carbocycles. The SMILES string of the molecule is CC(NC(=O)c1ccc2c(c1)CN(C1CCC(=O)NC1=O)C2=O)(C(=O)O)c1ccccc1. The van der Waals surface area contributed by atoms with Crippen molar-refractivity contribution in [2.24, 2.45) is 0 Å². The monoisotopic (exact) mass is 435 g/mol. The largest absolute Gasteiger partial charge is 0.479 e. The summed E-state index contributed by atoms with van der Waals surface area (Å²) in [6, 6.07) is 12.1. The van der Waals surface area contributed by atoms with E-state index in [2.05, 4.69) is 10.6 Å². The van der Waals surface area contributed by atoms with Gasteiger partial charge >= 0.3 is 5.97 Å². The maximum atomic E-state index is 12.9. The van der Waals surface area contributed by atoms with Gasteiger partial charge < -0.3 is 15.3 Å². The zero-order chi connectivity index (χ0) is 23.0. The Kier molecular flexibility index (Phi) is 5.25. The van der Waals surface area contributed by atoms with E-state index in [1.807, 2.05) is 0 Å². The molecular weight excluding hydrogens is 414 g/mol. The van der Waals surface area contributed by atoms with Gasteiger partial charge in [0.1, 0.15) is 6.04 Å². The number of aliphatic carboxylic acids is 1. The van der Waals surface area contributed by atoms with Crippen molar-refractivity contribution in [2.75, 3.05) is 0 Å². The average Bonchev–Trinajstić information content (AvgIpc) is 3.09. The lowest BCUT2D eigenvalue weighted by Gasteiger charge is -2.29. The highest BCUT2D eigenvalue weighted by Gasteiger charge is 2.40. The van der Waals surface area contributed by atoms with E-state index >= 15 is 0 Å². The summed E-state index contributed by atoms with van der Waals surface area (Å²) in [4.78, 5) is 62.6. The van der Waals surface area contributed by atoms with Crippen molar-refractivity contribution in [1.29, 1.82) is 0 Å². The second-order valence-electron chi connectivity index (χ2n) is 8.02. The van der Waals surface area contributed by atoms with Crippen LogP contribution in [0.25, 0.3) is 0 Å². The zero-order valence-electron chi connectivity index (χ0n) is 17.3. The number of hydrogen-bond donors (Lipinski definition) is 3. The van der Waals surface area contributed by atoms with Crippen LogP contribution in [0.15, 0.2) is 48.5 Å². The number of fused-ring (bicyclic) bond motifs is 1. The number of carboxylic acids is 1. The van der Waals surface area contributed by atoms with Crippen molar-refractivity contribution in [2.45, 2.75) is 37.9 Å². The van der Waals surface area contributed by atoms with Crippen LogP contribution in [0, 0.1) is 0 Å². The van der Waals surface area contributed by atoms with Crippen molar-refractivity contribution in [1.82, 2.24) is 15.5 Å². The number of carbonyl (C=O) groups excluding carboxylic acids is 4. The molecule has 2 aliphatic heterocycles. The number of imide groups is 1. The molecule has 3 N–H and O–H groups in total. The Morgan fingerprint density at radius 2 is 1.84 bits per heavy atom. The van der Waals surface area contributed by atoms with Gasteiger partial charge in [-0.05, 0) is 42.7 Å². The van der Waals surface area contributed by atoms with E-state index in [0.717, 1.165) is 0 Å². The maximum Gasteiger partial charge on any atom is 0.333 e. The van der Waals surface area contributed by atoms with Crippen molar-refractivity contribution in [3.63, 3.8) is 0 Å². The second kappa shape index (κ2) is 7.92. The number of nitrogens with one attached hydrogen (secondary N) is 2. The molecule has 9 heteroatoms. The topological polar surface area (TPSA) is 133 Å². The molecule has 32 heavy (non-hydrogen) atoms. The summed E-state index contributed by atoms with van der Waals surface area (Å²) >= 11 is 0. The van der Waals surface area contributed by atoms with Gasteiger partial charge in [-0.15, -0.1) is 0 Å². The summed E-state index contributed by atoms with van der Waals surface area (Å²) in [7, 11) is 0. The fourth-order valence-electron chi connectivity index (χ4n) is 4.04. The molecule has 4 rings (SSSR count). The number of amides is 4. The highest BCUT2D eigenvalue weighted by Crippen LogP contribution is 2.29. The molecule has 0 saturated carbocycles. The normalized spacial score (nSPS) is 19.7. The van der Waals surface area contributed by atoms with Crippen LogP contribution in [-0.2, 0) is 26.5 Å². The molecule has 0 aliphatic carbocycles. The number of nitrogens with zero attached hydrogens (tertiary/aromatic N) is 1. The van der Waals surface area contributed by atoms with Gasteiger partial charge in [0.15, 0.2) is 5.54 Å². The Morgan fingerprint density at radius 3 is 2.50 bits per heavy atom. The Bertz CT molecular complexity index is 1150. The third-order valence-electron chi connectivity index (χ3n) is 5.93. The van der Waals surface area contributed by atoms with Crippen molar-refractivity contribution in [3.05, 3.63) is 70.8 Å². The van der Waals surface area contributed by atoms with E-state index in [1.165, 1.54) is 30.0 Å². The zero-order valence-corrected chi connectivity index (χ0v) is 17.3. The Hall–Kier alpha value is -4.01. The fourth-order valence-corrected chi connectivity index (χ4v) is 4.04. The quantitative estimate of drug-likeness (QED) is 0.604. The first-order valence-electron chi connectivity index (χ1n) is 10.1. The molecule has 2 unspecified atom stereocenters. The summed E-state index contributed by atoms with van der Waals surface area (Å²) in [6.45, 7) is 1.53. The van der Waals surface area contributed by atoms with E-state index in [0.29, 0.717) is 16.7 Å². The summed E-state index contributed by atoms with van der Waals surface area (Å²) in [6.07, 6.45) is 0.392. The van der Waals surface area contributed by atoms with Crippen LogP contribution < -0.4 is 10.6 Å². The Labute approximate surface area is 183 Å². The molecule has 1 fully saturated rings. The molecule has 1 saturated heterocycles. The van der Waals surface area contributed by atoms with Crippen LogP contribution in [0.2, 0.25) is 0 Å². The fraction of sp³-hybridized carbons (Fsp3) is 0.261. The van der Waals surface area contributed by atoms with Gasteiger partial charge in [0.2, 0.25) is 11.8 Å². The Morgan fingerprint density at radius 1 is 1.12 bits per heavy atom. The second-order valence-corrected chi connectivity index (χ2v) is 8.02. The maximum absolute atomic E-state index is 12.9. The van der Waals surface area contributed by atoms with Crippen LogP contribution in [0.3, 0.4) is 0 Å². The molecule has 0 aromatic heterocycles. The van der Waals surface area contributed by atoms with Crippen LogP contribution in [0.1, 0.15) is 51.6 Å². The average molecular weight is 435 g/mol. The van der Waals surface area contributed by atoms with Crippen LogP contribution >= 0.6 is 0 Å². The molecule has 9 nitrogen and oxygen atoms in total. The van der Waals surface area contributed by atoms with Gasteiger partial charge in [0.25, 0.3) is 11.8 Å². The molecule has 4 amide bonds. The molecule has 2 aliphatic rings. The third kappa shape index (κ3) is 3.62. The number of carboxylic acid groups (broad SMARTS) is 1. The van der Waals surface area contributed by atoms with E-state index in [-0.39, 0.29) is 36.8 Å². The minimum Gasteiger partial charge on any atom is -0.479 e.